The Hall–Kier alpha value is -2.37. The molecule has 1 aromatic rings. The van der Waals surface area contributed by atoms with E-state index in [0.29, 0.717) is 17.9 Å². The highest BCUT2D eigenvalue weighted by molar-refractivity contribution is 6.39. The summed E-state index contributed by atoms with van der Waals surface area (Å²) in [6, 6.07) is 6.88. The maximum Gasteiger partial charge on any atom is 0.313 e. The van der Waals surface area contributed by atoms with Gasteiger partial charge in [0.15, 0.2) is 0 Å². The number of anilines is 2. The van der Waals surface area contributed by atoms with Gasteiger partial charge in [0, 0.05) is 30.9 Å². The lowest BCUT2D eigenvalue weighted by molar-refractivity contribution is -0.145. The van der Waals surface area contributed by atoms with Crippen LogP contribution in [0.4, 0.5) is 11.4 Å². The van der Waals surface area contributed by atoms with Crippen molar-refractivity contribution in [2.24, 2.45) is 0 Å². The number of hydrogen-bond acceptors (Lipinski definition) is 3. The smallest absolute Gasteiger partial charge is 0.313 e. The van der Waals surface area contributed by atoms with Gasteiger partial charge in [-0.15, -0.1) is 0 Å². The molecule has 1 aliphatic heterocycles. The maximum atomic E-state index is 12.4. The molecule has 1 saturated heterocycles. The Morgan fingerprint density at radius 1 is 1.17 bits per heavy atom. The first-order valence-corrected chi connectivity index (χ1v) is 8.01. The van der Waals surface area contributed by atoms with Crippen LogP contribution in [0.15, 0.2) is 24.3 Å². The van der Waals surface area contributed by atoms with Crippen LogP contribution in [0.3, 0.4) is 0 Å². The molecule has 6 heteroatoms. The van der Waals surface area contributed by atoms with E-state index in [0.717, 1.165) is 25.7 Å². The van der Waals surface area contributed by atoms with Gasteiger partial charge in [0.25, 0.3) is 0 Å². The Balaban J connectivity index is 2.03. The summed E-state index contributed by atoms with van der Waals surface area (Å²) in [5, 5.41) is 5.26. The fraction of sp³-hybridized carbons (Fsp3) is 0.471. The van der Waals surface area contributed by atoms with Crippen LogP contribution < -0.4 is 10.6 Å². The fourth-order valence-electron chi connectivity index (χ4n) is 2.89. The van der Waals surface area contributed by atoms with E-state index in [-0.39, 0.29) is 11.9 Å². The van der Waals surface area contributed by atoms with Crippen LogP contribution in [0.2, 0.25) is 0 Å². The van der Waals surface area contributed by atoms with Gasteiger partial charge < -0.3 is 15.5 Å². The van der Waals surface area contributed by atoms with Crippen molar-refractivity contribution in [3.63, 3.8) is 0 Å². The van der Waals surface area contributed by atoms with Crippen molar-refractivity contribution in [1.82, 2.24) is 4.90 Å². The predicted octanol–water partition coefficient (Wildman–Crippen LogP) is 2.37. The number of likely N-dealkylation sites (tertiary alicyclic amines) is 1. The monoisotopic (exact) mass is 317 g/mol. The van der Waals surface area contributed by atoms with E-state index >= 15 is 0 Å². The van der Waals surface area contributed by atoms with Gasteiger partial charge in [0.2, 0.25) is 5.91 Å². The van der Waals surface area contributed by atoms with Crippen molar-refractivity contribution < 1.29 is 14.4 Å². The number of nitrogens with one attached hydrogen (secondary N) is 2. The third-order valence-corrected chi connectivity index (χ3v) is 3.99. The predicted molar refractivity (Wildman–Crippen MR) is 89.0 cm³/mol. The highest BCUT2D eigenvalue weighted by Gasteiger charge is 2.29. The van der Waals surface area contributed by atoms with Crippen molar-refractivity contribution in [2.45, 2.75) is 45.6 Å². The summed E-state index contributed by atoms with van der Waals surface area (Å²) in [6.45, 7) is 4.08. The molecule has 0 spiro atoms. The van der Waals surface area contributed by atoms with Crippen LogP contribution in [0.25, 0.3) is 0 Å². The van der Waals surface area contributed by atoms with Crippen LogP contribution in [0, 0.1) is 0 Å². The molecule has 1 atom stereocenters. The maximum absolute atomic E-state index is 12.4. The molecule has 1 aromatic carbocycles. The lowest BCUT2D eigenvalue weighted by atomic mass is 10.00. The van der Waals surface area contributed by atoms with E-state index in [9.17, 15) is 14.4 Å². The van der Waals surface area contributed by atoms with E-state index in [4.69, 9.17) is 0 Å². The summed E-state index contributed by atoms with van der Waals surface area (Å²) < 4.78 is 0. The number of carbonyl (C=O) groups is 3. The molecule has 6 nitrogen and oxygen atoms in total. The second kappa shape index (κ2) is 7.76. The van der Waals surface area contributed by atoms with Crippen LogP contribution in [-0.2, 0) is 14.4 Å². The van der Waals surface area contributed by atoms with Crippen molar-refractivity contribution in [1.29, 1.82) is 0 Å². The van der Waals surface area contributed by atoms with Gasteiger partial charge in [-0.1, -0.05) is 13.0 Å². The highest BCUT2D eigenvalue weighted by atomic mass is 16.2. The number of piperidine rings is 1. The van der Waals surface area contributed by atoms with E-state index in [1.54, 1.807) is 29.2 Å². The van der Waals surface area contributed by atoms with E-state index in [2.05, 4.69) is 10.6 Å². The van der Waals surface area contributed by atoms with Gasteiger partial charge in [0.05, 0.1) is 0 Å². The number of carbonyl (C=O) groups excluding carboxylic acids is 3. The molecule has 1 aliphatic rings. The Morgan fingerprint density at radius 3 is 2.52 bits per heavy atom. The second-order valence-corrected chi connectivity index (χ2v) is 5.77. The molecule has 1 fully saturated rings. The summed E-state index contributed by atoms with van der Waals surface area (Å²) in [4.78, 5) is 37.3. The van der Waals surface area contributed by atoms with E-state index in [1.807, 2.05) is 6.92 Å². The molecule has 2 rings (SSSR count). The molecular weight excluding hydrogens is 294 g/mol. The first-order valence-electron chi connectivity index (χ1n) is 8.01. The van der Waals surface area contributed by atoms with Gasteiger partial charge in [-0.25, -0.2) is 0 Å². The largest absolute Gasteiger partial charge is 0.331 e. The average Bonchev–Trinajstić information content (AvgIpc) is 2.53. The minimum atomic E-state index is -0.634. The molecule has 3 amide bonds. The van der Waals surface area contributed by atoms with Crippen molar-refractivity contribution in [3.05, 3.63) is 24.3 Å². The summed E-state index contributed by atoms with van der Waals surface area (Å²) >= 11 is 0. The standard InChI is InChI=1S/C17H23N3O3/c1-3-15-9-4-5-10-20(15)17(23)16(22)19-14-8-6-7-13(11-14)18-12(2)21/h6-8,11,15H,3-5,9-10H2,1-2H3,(H,18,21)(H,19,22). The quantitative estimate of drug-likeness (QED) is 0.840. The lowest BCUT2D eigenvalue weighted by Gasteiger charge is -2.34. The summed E-state index contributed by atoms with van der Waals surface area (Å²) in [7, 11) is 0. The van der Waals surface area contributed by atoms with Crippen molar-refractivity contribution in [3.8, 4) is 0 Å². The minimum absolute atomic E-state index is 0.146. The van der Waals surface area contributed by atoms with E-state index < -0.39 is 11.8 Å². The van der Waals surface area contributed by atoms with Crippen molar-refractivity contribution in [2.75, 3.05) is 17.2 Å². The zero-order chi connectivity index (χ0) is 16.8. The molecule has 0 aliphatic carbocycles. The Bertz CT molecular complexity index is 601. The summed E-state index contributed by atoms with van der Waals surface area (Å²) in [5.41, 5.74) is 1.06. The Labute approximate surface area is 136 Å². The number of amides is 3. The van der Waals surface area contributed by atoms with Gasteiger partial charge >= 0.3 is 11.8 Å². The highest BCUT2D eigenvalue weighted by Crippen LogP contribution is 2.20. The third kappa shape index (κ3) is 4.55. The molecule has 2 N–H and O–H groups in total. The van der Waals surface area contributed by atoms with Crippen LogP contribution in [0.1, 0.15) is 39.5 Å². The topological polar surface area (TPSA) is 78.5 Å². The zero-order valence-corrected chi connectivity index (χ0v) is 13.6. The molecule has 0 saturated carbocycles. The fourth-order valence-corrected chi connectivity index (χ4v) is 2.89. The van der Waals surface area contributed by atoms with Gasteiger partial charge in [0.1, 0.15) is 0 Å². The second-order valence-electron chi connectivity index (χ2n) is 5.77. The number of benzene rings is 1. The molecule has 0 radical (unpaired) electrons. The van der Waals surface area contributed by atoms with Crippen molar-refractivity contribution >= 4 is 29.1 Å². The molecular formula is C17H23N3O3. The molecule has 1 heterocycles. The van der Waals surface area contributed by atoms with Gasteiger partial charge in [-0.3, -0.25) is 14.4 Å². The minimum Gasteiger partial charge on any atom is -0.331 e. The Morgan fingerprint density at radius 2 is 1.87 bits per heavy atom. The molecule has 1 unspecified atom stereocenters. The summed E-state index contributed by atoms with van der Waals surface area (Å²) in [6.07, 6.45) is 3.85. The van der Waals surface area contributed by atoms with Gasteiger partial charge in [-0.2, -0.15) is 0 Å². The van der Waals surface area contributed by atoms with Gasteiger partial charge in [-0.05, 0) is 43.9 Å². The molecule has 0 bridgehead atoms. The molecule has 0 aromatic heterocycles. The number of nitrogens with zero attached hydrogens (tertiary/aromatic N) is 1. The average molecular weight is 317 g/mol. The summed E-state index contributed by atoms with van der Waals surface area (Å²) in [5.74, 6) is -1.31. The first-order chi connectivity index (χ1) is 11.0. The normalized spacial score (nSPS) is 17.5. The van der Waals surface area contributed by atoms with Crippen LogP contribution >= 0.6 is 0 Å². The zero-order valence-electron chi connectivity index (χ0n) is 13.6. The van der Waals surface area contributed by atoms with Crippen LogP contribution in [0.5, 0.6) is 0 Å². The lowest BCUT2D eigenvalue weighted by Crippen LogP contribution is -2.48. The number of hydrogen-bond donors (Lipinski definition) is 2. The molecule has 23 heavy (non-hydrogen) atoms. The molecule has 124 valence electrons. The SMILES string of the molecule is CCC1CCCCN1C(=O)C(=O)Nc1cccc(NC(C)=O)c1. The number of rotatable bonds is 3. The third-order valence-electron chi connectivity index (χ3n) is 3.99. The first kappa shape index (κ1) is 17.0. The van der Waals surface area contributed by atoms with Crippen LogP contribution in [-0.4, -0.2) is 35.2 Å². The van der Waals surface area contributed by atoms with E-state index in [1.165, 1.54) is 6.92 Å². The Kier molecular flexibility index (Phi) is 5.73.